The number of nitrogens with one attached hydrogen (secondary N) is 1. The molecule has 1 aliphatic rings. The van der Waals surface area contributed by atoms with E-state index in [1.54, 1.807) is 0 Å². The van der Waals surface area contributed by atoms with Crippen LogP contribution in [0.25, 0.3) is 0 Å². The summed E-state index contributed by atoms with van der Waals surface area (Å²) in [7, 11) is 0. The Labute approximate surface area is 113 Å². The maximum Gasteiger partial charge on any atom is 0.332 e. The van der Waals surface area contributed by atoms with Crippen LogP contribution in [-0.4, -0.2) is 40.4 Å². The van der Waals surface area contributed by atoms with E-state index < -0.39 is 24.5 Å². The Hall–Kier alpha value is -1.86. The molecule has 1 heterocycles. The number of carboxylic acid groups (broad SMARTS) is 1. The van der Waals surface area contributed by atoms with E-state index in [2.05, 4.69) is 15.3 Å². The number of hydrogen-bond acceptors (Lipinski definition) is 5. The van der Waals surface area contributed by atoms with Crippen molar-refractivity contribution in [3.63, 3.8) is 0 Å². The largest absolute Gasteiger partial charge is 0.479 e. The molecule has 1 amide bonds. The summed E-state index contributed by atoms with van der Waals surface area (Å²) in [5.41, 5.74) is 3.05. The van der Waals surface area contributed by atoms with Crippen molar-refractivity contribution in [1.29, 1.82) is 0 Å². The molecule has 0 bridgehead atoms. The lowest BCUT2D eigenvalue weighted by Gasteiger charge is -2.06. The maximum atomic E-state index is 11.7. The Morgan fingerprint density at radius 1 is 1.42 bits per heavy atom. The highest BCUT2D eigenvalue weighted by molar-refractivity contribution is 8.14. The fourth-order valence-electron chi connectivity index (χ4n) is 1.48. The third kappa shape index (κ3) is 3.80. The zero-order chi connectivity index (χ0) is 13.7. The first kappa shape index (κ1) is 13.6. The van der Waals surface area contributed by atoms with Crippen molar-refractivity contribution >= 4 is 28.7 Å². The van der Waals surface area contributed by atoms with Crippen LogP contribution in [0, 0.1) is 0 Å². The lowest BCUT2D eigenvalue weighted by Crippen LogP contribution is -2.35. The highest BCUT2D eigenvalue weighted by Gasteiger charge is 2.25. The number of aliphatic imine (C=N–C) groups is 1. The van der Waals surface area contributed by atoms with Gasteiger partial charge in [0.2, 0.25) is 0 Å². The summed E-state index contributed by atoms with van der Waals surface area (Å²) in [5, 5.41) is 9.18. The van der Waals surface area contributed by atoms with Gasteiger partial charge < -0.3 is 5.11 Å². The van der Waals surface area contributed by atoms with Gasteiger partial charge in [0.15, 0.2) is 6.61 Å². The normalized spacial score (nSPS) is 17.9. The lowest BCUT2D eigenvalue weighted by atomic mass is 10.2. The number of hydroxylamine groups is 1. The molecule has 0 spiro atoms. The number of hydrogen-bond donors (Lipinski definition) is 2. The standard InChI is InChI=1S/C12H12N2O4S/c15-10(16)6-18-14-11(17)9-7-19-12(13-9)8-4-2-1-3-5-8/h1-5,9H,6-7H2,(H,14,17)(H,15,16). The second kappa shape index (κ2) is 6.35. The molecular weight excluding hydrogens is 268 g/mol. The number of carboxylic acids is 1. The van der Waals surface area contributed by atoms with Crippen LogP contribution >= 0.6 is 11.8 Å². The Balaban J connectivity index is 1.91. The molecule has 2 N–H and O–H groups in total. The quantitative estimate of drug-likeness (QED) is 0.774. The minimum atomic E-state index is -1.14. The van der Waals surface area contributed by atoms with E-state index in [9.17, 15) is 9.59 Å². The zero-order valence-electron chi connectivity index (χ0n) is 9.91. The van der Waals surface area contributed by atoms with Crippen molar-refractivity contribution in [3.05, 3.63) is 35.9 Å². The van der Waals surface area contributed by atoms with E-state index >= 15 is 0 Å². The molecule has 1 aliphatic heterocycles. The number of aliphatic carboxylic acids is 1. The highest BCUT2D eigenvalue weighted by Crippen LogP contribution is 2.23. The third-order valence-electron chi connectivity index (χ3n) is 2.34. The topological polar surface area (TPSA) is 88.0 Å². The molecule has 7 heteroatoms. The fraction of sp³-hybridized carbons (Fsp3) is 0.250. The minimum Gasteiger partial charge on any atom is -0.479 e. The van der Waals surface area contributed by atoms with Crippen LogP contribution in [0.2, 0.25) is 0 Å². The summed E-state index contributed by atoms with van der Waals surface area (Å²) in [4.78, 5) is 30.7. The van der Waals surface area contributed by atoms with Crippen LogP contribution in [-0.2, 0) is 14.4 Å². The van der Waals surface area contributed by atoms with Gasteiger partial charge in [-0.25, -0.2) is 10.3 Å². The van der Waals surface area contributed by atoms with Crippen molar-refractivity contribution < 1.29 is 19.5 Å². The Bertz CT molecular complexity index is 504. The molecule has 0 saturated carbocycles. The van der Waals surface area contributed by atoms with Gasteiger partial charge in [-0.15, -0.1) is 11.8 Å². The number of carbonyl (C=O) groups excluding carboxylic acids is 1. The molecule has 1 aromatic carbocycles. The first-order valence-electron chi connectivity index (χ1n) is 5.56. The van der Waals surface area contributed by atoms with Crippen molar-refractivity contribution in [2.45, 2.75) is 6.04 Å². The first-order valence-corrected chi connectivity index (χ1v) is 6.55. The summed E-state index contributed by atoms with van der Waals surface area (Å²) in [6.07, 6.45) is 0. The Morgan fingerprint density at radius 2 is 2.16 bits per heavy atom. The second-order valence-corrected chi connectivity index (χ2v) is 4.78. The lowest BCUT2D eigenvalue weighted by molar-refractivity contribution is -0.149. The third-order valence-corrected chi connectivity index (χ3v) is 3.44. The van der Waals surface area contributed by atoms with Gasteiger partial charge in [0.25, 0.3) is 5.91 Å². The summed E-state index contributed by atoms with van der Waals surface area (Å²) in [6, 6.07) is 9.02. The highest BCUT2D eigenvalue weighted by atomic mass is 32.2. The van der Waals surface area contributed by atoms with E-state index in [0.29, 0.717) is 5.75 Å². The predicted molar refractivity (Wildman–Crippen MR) is 71.0 cm³/mol. The summed E-state index contributed by atoms with van der Waals surface area (Å²) in [5.74, 6) is -1.05. The molecule has 1 aromatic rings. The van der Waals surface area contributed by atoms with Gasteiger partial charge in [0.05, 0.1) is 5.04 Å². The van der Waals surface area contributed by atoms with Crippen LogP contribution in [0.4, 0.5) is 0 Å². The number of thioether (sulfide) groups is 1. The van der Waals surface area contributed by atoms with Crippen LogP contribution in [0.15, 0.2) is 35.3 Å². The molecule has 0 aliphatic carbocycles. The smallest absolute Gasteiger partial charge is 0.332 e. The molecule has 0 aromatic heterocycles. The first-order chi connectivity index (χ1) is 9.16. The predicted octanol–water partition coefficient (Wildman–Crippen LogP) is 0.681. The molecule has 0 saturated heterocycles. The second-order valence-electron chi connectivity index (χ2n) is 3.78. The van der Waals surface area contributed by atoms with E-state index in [1.807, 2.05) is 30.3 Å². The van der Waals surface area contributed by atoms with Gasteiger partial charge in [-0.3, -0.25) is 14.6 Å². The van der Waals surface area contributed by atoms with Crippen LogP contribution in [0.5, 0.6) is 0 Å². The molecule has 0 radical (unpaired) electrons. The van der Waals surface area contributed by atoms with E-state index in [4.69, 9.17) is 5.11 Å². The van der Waals surface area contributed by atoms with E-state index in [-0.39, 0.29) is 0 Å². The van der Waals surface area contributed by atoms with Crippen molar-refractivity contribution in [2.24, 2.45) is 4.99 Å². The molecule has 19 heavy (non-hydrogen) atoms. The summed E-state index contributed by atoms with van der Waals surface area (Å²) in [6.45, 7) is -0.569. The van der Waals surface area contributed by atoms with Gasteiger partial charge in [-0.05, 0) is 0 Å². The molecular formula is C12H12N2O4S. The molecule has 1 atom stereocenters. The maximum absolute atomic E-state index is 11.7. The van der Waals surface area contributed by atoms with Crippen molar-refractivity contribution in [1.82, 2.24) is 5.48 Å². The van der Waals surface area contributed by atoms with Gasteiger partial charge in [-0.2, -0.15) is 0 Å². The van der Waals surface area contributed by atoms with Gasteiger partial charge in [0.1, 0.15) is 6.04 Å². The molecule has 0 fully saturated rings. The van der Waals surface area contributed by atoms with Crippen LogP contribution in [0.3, 0.4) is 0 Å². The van der Waals surface area contributed by atoms with E-state index in [0.717, 1.165) is 10.6 Å². The number of benzene rings is 1. The number of amides is 1. The monoisotopic (exact) mass is 280 g/mol. The van der Waals surface area contributed by atoms with Gasteiger partial charge >= 0.3 is 5.97 Å². The van der Waals surface area contributed by atoms with Crippen molar-refractivity contribution in [2.75, 3.05) is 12.4 Å². The average Bonchev–Trinajstić information content (AvgIpc) is 2.89. The summed E-state index contributed by atoms with van der Waals surface area (Å²) < 4.78 is 0. The zero-order valence-corrected chi connectivity index (χ0v) is 10.7. The van der Waals surface area contributed by atoms with Gasteiger partial charge in [0, 0.05) is 11.3 Å². The fourth-order valence-corrected chi connectivity index (χ4v) is 2.53. The Kier molecular flexibility index (Phi) is 4.53. The number of rotatable bonds is 5. The SMILES string of the molecule is O=C(O)CONC(=O)C1CSC(c2ccccc2)=N1. The minimum absolute atomic E-state index is 0.431. The molecule has 1 unspecified atom stereocenters. The summed E-state index contributed by atoms with van der Waals surface area (Å²) >= 11 is 1.49. The van der Waals surface area contributed by atoms with E-state index in [1.165, 1.54) is 11.8 Å². The van der Waals surface area contributed by atoms with Crippen LogP contribution < -0.4 is 5.48 Å². The average molecular weight is 280 g/mol. The molecule has 6 nitrogen and oxygen atoms in total. The van der Waals surface area contributed by atoms with Crippen molar-refractivity contribution in [3.8, 4) is 0 Å². The molecule has 2 rings (SSSR count). The number of nitrogens with zero attached hydrogens (tertiary/aromatic N) is 1. The Morgan fingerprint density at radius 3 is 2.84 bits per heavy atom. The number of carbonyl (C=O) groups is 2. The van der Waals surface area contributed by atoms with Crippen LogP contribution in [0.1, 0.15) is 5.56 Å². The molecule has 100 valence electrons. The van der Waals surface area contributed by atoms with Gasteiger partial charge in [-0.1, -0.05) is 30.3 Å².